The zero-order valence-electron chi connectivity index (χ0n) is 21.8. The summed E-state index contributed by atoms with van der Waals surface area (Å²) in [5.41, 5.74) is 2.48. The Morgan fingerprint density at radius 2 is 1.70 bits per heavy atom. The average molecular weight is 576 g/mol. The van der Waals surface area contributed by atoms with Gasteiger partial charge in [0.25, 0.3) is 5.91 Å². The number of nitrogens with zero attached hydrogens (tertiary/aromatic N) is 1. The van der Waals surface area contributed by atoms with E-state index in [0.29, 0.717) is 42.9 Å². The third-order valence-electron chi connectivity index (χ3n) is 7.23. The quantitative estimate of drug-likeness (QED) is 0.379. The standard InChI is InChI=1S/C31H30ClN3O4S/c32-22-14-15-24-26(18-22)40-29(21-10-5-2-6-11-21)28(34-30(38)23-12-7-13-25(23)36)31(39)35(24)19-27(37)33-17-16-20-8-3-1-4-9-20/h1-6,8-11,14-15,18,23,28-29H,7,12-13,16-17,19H2,(H,33,37)(H,34,38)/t23?,28-,29+/m0/s1. The van der Waals surface area contributed by atoms with Gasteiger partial charge in [-0.3, -0.25) is 19.2 Å². The Kier molecular flexibility index (Phi) is 8.87. The Hall–Kier alpha value is -3.62. The zero-order chi connectivity index (χ0) is 28.1. The van der Waals surface area contributed by atoms with Crippen molar-refractivity contribution in [3.8, 4) is 0 Å². The molecule has 3 aromatic rings. The molecule has 1 fully saturated rings. The lowest BCUT2D eigenvalue weighted by Gasteiger charge is -2.29. The van der Waals surface area contributed by atoms with E-state index < -0.39 is 29.0 Å². The van der Waals surface area contributed by atoms with Gasteiger partial charge in [-0.25, -0.2) is 0 Å². The molecule has 1 aliphatic heterocycles. The van der Waals surface area contributed by atoms with E-state index in [1.54, 1.807) is 18.2 Å². The van der Waals surface area contributed by atoms with Crippen molar-refractivity contribution in [3.05, 3.63) is 95.0 Å². The van der Waals surface area contributed by atoms with Crippen LogP contribution in [0.1, 0.15) is 35.6 Å². The molecule has 40 heavy (non-hydrogen) atoms. The molecular formula is C31H30ClN3O4S. The van der Waals surface area contributed by atoms with Crippen molar-refractivity contribution in [2.24, 2.45) is 5.92 Å². The number of fused-ring (bicyclic) bond motifs is 1. The number of nitrogens with one attached hydrogen (secondary N) is 2. The van der Waals surface area contributed by atoms with Crippen LogP contribution in [0.25, 0.3) is 0 Å². The van der Waals surface area contributed by atoms with Crippen molar-refractivity contribution in [2.75, 3.05) is 18.0 Å². The van der Waals surface area contributed by atoms with Gasteiger partial charge in [0.15, 0.2) is 0 Å². The number of hydrogen-bond acceptors (Lipinski definition) is 5. The van der Waals surface area contributed by atoms with Gasteiger partial charge in [0.2, 0.25) is 11.8 Å². The number of benzene rings is 3. The first-order valence-electron chi connectivity index (χ1n) is 13.4. The molecule has 9 heteroatoms. The lowest BCUT2D eigenvalue weighted by Crippen LogP contribution is -2.53. The van der Waals surface area contributed by atoms with Gasteiger partial charge in [-0.15, -0.1) is 11.8 Å². The van der Waals surface area contributed by atoms with E-state index in [1.807, 2.05) is 60.7 Å². The third-order valence-corrected chi connectivity index (χ3v) is 8.84. The highest BCUT2D eigenvalue weighted by atomic mass is 35.5. The molecule has 0 radical (unpaired) electrons. The fourth-order valence-corrected chi connectivity index (χ4v) is 6.79. The number of hydrogen-bond donors (Lipinski definition) is 2. The Bertz CT molecular complexity index is 1400. The number of carbonyl (C=O) groups excluding carboxylic acids is 4. The van der Waals surface area contributed by atoms with E-state index >= 15 is 0 Å². The minimum Gasteiger partial charge on any atom is -0.354 e. The largest absolute Gasteiger partial charge is 0.354 e. The van der Waals surface area contributed by atoms with Crippen LogP contribution in [-0.2, 0) is 25.6 Å². The smallest absolute Gasteiger partial charge is 0.251 e. The molecule has 0 bridgehead atoms. The van der Waals surface area contributed by atoms with Crippen molar-refractivity contribution in [1.82, 2.24) is 10.6 Å². The Morgan fingerprint density at radius 1 is 0.975 bits per heavy atom. The molecule has 1 saturated carbocycles. The minimum absolute atomic E-state index is 0.104. The molecule has 0 saturated heterocycles. The second-order valence-corrected chi connectivity index (χ2v) is 11.6. The van der Waals surface area contributed by atoms with Crippen LogP contribution in [0, 0.1) is 5.92 Å². The predicted octanol–water partition coefficient (Wildman–Crippen LogP) is 4.73. The van der Waals surface area contributed by atoms with Gasteiger partial charge in [-0.1, -0.05) is 72.3 Å². The van der Waals surface area contributed by atoms with Crippen molar-refractivity contribution in [2.45, 2.75) is 41.9 Å². The number of anilines is 1. The molecule has 5 rings (SSSR count). The maximum Gasteiger partial charge on any atom is 0.251 e. The molecule has 1 aliphatic carbocycles. The molecule has 2 aliphatic rings. The highest BCUT2D eigenvalue weighted by Crippen LogP contribution is 2.46. The highest BCUT2D eigenvalue weighted by molar-refractivity contribution is 7.99. The van der Waals surface area contributed by atoms with Crippen LogP contribution in [0.4, 0.5) is 5.69 Å². The van der Waals surface area contributed by atoms with Crippen molar-refractivity contribution >= 4 is 52.6 Å². The van der Waals surface area contributed by atoms with Gasteiger partial charge >= 0.3 is 0 Å². The second-order valence-electron chi connectivity index (χ2n) is 9.97. The highest BCUT2D eigenvalue weighted by Gasteiger charge is 2.42. The van der Waals surface area contributed by atoms with Crippen LogP contribution < -0.4 is 15.5 Å². The minimum atomic E-state index is -1.00. The molecule has 3 atom stereocenters. The van der Waals surface area contributed by atoms with Gasteiger partial charge in [-0.05, 0) is 48.6 Å². The first-order valence-corrected chi connectivity index (χ1v) is 14.6. The summed E-state index contributed by atoms with van der Waals surface area (Å²) in [7, 11) is 0. The lowest BCUT2D eigenvalue weighted by molar-refractivity contribution is -0.135. The Labute approximate surface area is 242 Å². The average Bonchev–Trinajstić information content (AvgIpc) is 3.36. The summed E-state index contributed by atoms with van der Waals surface area (Å²) in [6.07, 6.45) is 2.16. The second kappa shape index (κ2) is 12.7. The van der Waals surface area contributed by atoms with E-state index in [1.165, 1.54) is 16.7 Å². The maximum atomic E-state index is 14.2. The lowest BCUT2D eigenvalue weighted by atomic mass is 10.0. The number of carbonyl (C=O) groups is 4. The molecule has 3 aromatic carbocycles. The molecule has 1 unspecified atom stereocenters. The number of amides is 3. The maximum absolute atomic E-state index is 14.2. The van der Waals surface area contributed by atoms with Crippen LogP contribution in [-0.4, -0.2) is 42.6 Å². The van der Waals surface area contributed by atoms with Gasteiger partial charge in [0.05, 0.1) is 16.9 Å². The Morgan fingerprint density at radius 3 is 2.40 bits per heavy atom. The van der Waals surface area contributed by atoms with E-state index in [-0.39, 0.29) is 18.2 Å². The zero-order valence-corrected chi connectivity index (χ0v) is 23.4. The van der Waals surface area contributed by atoms with Crippen LogP contribution in [0.15, 0.2) is 83.8 Å². The summed E-state index contributed by atoms with van der Waals surface area (Å²) in [5.74, 6) is -2.04. The van der Waals surface area contributed by atoms with Crippen LogP contribution in [0.3, 0.4) is 0 Å². The summed E-state index contributed by atoms with van der Waals surface area (Å²) in [5, 5.41) is 5.82. The van der Waals surface area contributed by atoms with Crippen LogP contribution >= 0.6 is 23.4 Å². The van der Waals surface area contributed by atoms with Crippen molar-refractivity contribution in [1.29, 1.82) is 0 Å². The number of thioether (sulfide) groups is 1. The first kappa shape index (κ1) is 27.9. The summed E-state index contributed by atoms with van der Waals surface area (Å²) in [6, 6.07) is 23.4. The van der Waals surface area contributed by atoms with Gasteiger partial charge < -0.3 is 15.5 Å². The molecule has 2 N–H and O–H groups in total. The van der Waals surface area contributed by atoms with Crippen LogP contribution in [0.5, 0.6) is 0 Å². The van der Waals surface area contributed by atoms with E-state index in [2.05, 4.69) is 10.6 Å². The number of halogens is 1. The van der Waals surface area contributed by atoms with E-state index in [4.69, 9.17) is 11.6 Å². The molecule has 206 valence electrons. The molecule has 7 nitrogen and oxygen atoms in total. The van der Waals surface area contributed by atoms with E-state index in [0.717, 1.165) is 16.0 Å². The predicted molar refractivity (Wildman–Crippen MR) is 156 cm³/mol. The fourth-order valence-electron chi connectivity index (χ4n) is 5.17. The summed E-state index contributed by atoms with van der Waals surface area (Å²) < 4.78 is 0. The topological polar surface area (TPSA) is 95.6 Å². The molecular weight excluding hydrogens is 546 g/mol. The summed E-state index contributed by atoms with van der Waals surface area (Å²) in [6.45, 7) is 0.197. The SMILES string of the molecule is O=C(CN1C(=O)[C@@H](NC(=O)C2CCCC2=O)[C@@H](c2ccccc2)Sc2cc(Cl)ccc21)NCCc1ccccc1. The van der Waals surface area contributed by atoms with Gasteiger partial charge in [-0.2, -0.15) is 0 Å². The number of rotatable bonds is 8. The van der Waals surface area contributed by atoms with Crippen molar-refractivity contribution in [3.63, 3.8) is 0 Å². The molecule has 0 spiro atoms. The fraction of sp³-hybridized carbons (Fsp3) is 0.290. The Balaban J connectivity index is 1.43. The number of ketones is 1. The molecule has 0 aromatic heterocycles. The molecule has 3 amide bonds. The van der Waals surface area contributed by atoms with Gasteiger partial charge in [0, 0.05) is 22.9 Å². The normalized spacial score (nSPS) is 20.5. The van der Waals surface area contributed by atoms with Gasteiger partial charge in [0.1, 0.15) is 18.4 Å². The van der Waals surface area contributed by atoms with E-state index in [9.17, 15) is 19.2 Å². The monoisotopic (exact) mass is 575 g/mol. The number of Topliss-reactive ketones (excluding diaryl/α,β-unsaturated/α-hetero) is 1. The third kappa shape index (κ3) is 6.40. The van der Waals surface area contributed by atoms with Crippen LogP contribution in [0.2, 0.25) is 5.02 Å². The first-order chi connectivity index (χ1) is 19.4. The summed E-state index contributed by atoms with van der Waals surface area (Å²) in [4.78, 5) is 55.1. The summed E-state index contributed by atoms with van der Waals surface area (Å²) >= 11 is 7.77. The van der Waals surface area contributed by atoms with Crippen molar-refractivity contribution < 1.29 is 19.2 Å². The molecule has 1 heterocycles.